The zero-order valence-corrected chi connectivity index (χ0v) is 51.6. The van der Waals surface area contributed by atoms with E-state index in [1.807, 2.05) is 146 Å². The molecule has 9 rings (SSSR count). The largest absolute Gasteiger partial charge is 0.490 e. The zero-order chi connectivity index (χ0) is 65.4. The third kappa shape index (κ3) is 17.7. The Morgan fingerprint density at radius 1 is 0.495 bits per heavy atom. The van der Waals surface area contributed by atoms with Crippen molar-refractivity contribution in [1.82, 2.24) is 51.5 Å². The number of halogens is 3. The number of carbonyl (C=O) groups is 9. The standard InChI is InChI=1S/C66H80N10O8.C2HF3O2/c1-43(67-3)61(79)69-53-41-73(39-37-51-31-33-55(75(51)65(53)83)63(81)71-59(47-17-9-5-10-18-47)48-19-11-6-12-20-48)57(77)35-29-45-25-27-46(28-26-45)30-36-58(78)74-40-38-52-32-34-56(76(52)66(84)54(42-74)70-62(80)44(2)68-4)64(82)72-60(49-21-13-7-14-22-49)50-23-15-8-16-24-50;3-2(4,5)1(6)7/h5-28,43-44,51-56,59-60,67-68H,29-42H2,1-4H3,(H,69,79)(H,70,80)(H,71,81)(H,72,82);(H,6,7)/t43-,44-,51+,52+,53-,54-,55-,56-;/m0./s1. The van der Waals surface area contributed by atoms with E-state index in [1.54, 1.807) is 47.5 Å². The van der Waals surface area contributed by atoms with Crippen molar-refractivity contribution in [3.05, 3.63) is 179 Å². The number of fused-ring (bicyclic) bond motifs is 2. The van der Waals surface area contributed by atoms with E-state index >= 15 is 0 Å². The van der Waals surface area contributed by atoms with Crippen molar-refractivity contribution >= 4 is 53.2 Å². The third-order valence-electron chi connectivity index (χ3n) is 17.6. The van der Waals surface area contributed by atoms with E-state index in [4.69, 9.17) is 9.90 Å². The predicted molar refractivity (Wildman–Crippen MR) is 333 cm³/mol. The molecule has 5 aromatic carbocycles. The highest BCUT2D eigenvalue weighted by Gasteiger charge is 2.48. The van der Waals surface area contributed by atoms with Crippen LogP contribution in [0.3, 0.4) is 0 Å². The summed E-state index contributed by atoms with van der Waals surface area (Å²) in [7, 11) is 3.31. The molecule has 7 N–H and O–H groups in total. The average Bonchev–Trinajstić information content (AvgIpc) is 1.73. The van der Waals surface area contributed by atoms with Crippen molar-refractivity contribution in [2.24, 2.45) is 0 Å². The molecule has 23 heteroatoms. The summed E-state index contributed by atoms with van der Waals surface area (Å²) >= 11 is 0. The number of benzene rings is 5. The van der Waals surface area contributed by atoms with Crippen LogP contribution in [0.4, 0.5) is 13.2 Å². The van der Waals surface area contributed by atoms with Crippen molar-refractivity contribution < 1.29 is 61.4 Å². The summed E-state index contributed by atoms with van der Waals surface area (Å²) in [5.41, 5.74) is 5.45. The number of rotatable bonds is 20. The molecule has 0 spiro atoms. The number of carbonyl (C=O) groups excluding carboxylic acids is 8. The van der Waals surface area contributed by atoms with Crippen LogP contribution in [-0.2, 0) is 56.0 Å². The van der Waals surface area contributed by atoms with Gasteiger partial charge in [0.15, 0.2) is 0 Å². The first-order valence-electron chi connectivity index (χ1n) is 31.0. The van der Waals surface area contributed by atoms with Crippen molar-refractivity contribution in [1.29, 1.82) is 0 Å². The van der Waals surface area contributed by atoms with Crippen LogP contribution in [0.5, 0.6) is 0 Å². The zero-order valence-electron chi connectivity index (χ0n) is 51.6. The Balaban J connectivity index is 0.00000144. The van der Waals surface area contributed by atoms with E-state index in [-0.39, 0.29) is 61.6 Å². The van der Waals surface area contributed by atoms with E-state index in [2.05, 4.69) is 31.9 Å². The molecule has 4 aliphatic heterocycles. The number of hydrogen-bond donors (Lipinski definition) is 7. The van der Waals surface area contributed by atoms with Crippen molar-refractivity contribution in [3.8, 4) is 0 Å². The van der Waals surface area contributed by atoms with Gasteiger partial charge in [0, 0.05) is 51.1 Å². The SMILES string of the molecule is CN[C@@H](C)C(=O)N[C@H]1CN(C(=O)CCc2ccc(CCC(=O)N3CC[C@H]4CC[C@@H](C(=O)NC(c5ccccc5)c5ccccc5)N4C(=O)[C@@H](NC(=O)[C@H](C)NC)C3)cc2)CC[C@H]2CC[C@@H](C(=O)NC(c3ccccc3)c3ccccc3)N2C1=O.O=C(O)C(F)(F)F. The Hall–Kier alpha value is -8.96. The van der Waals surface area contributed by atoms with Crippen molar-refractivity contribution in [2.75, 3.05) is 40.3 Å². The Kier molecular flexibility index (Phi) is 23.7. The third-order valence-corrected chi connectivity index (χ3v) is 17.6. The van der Waals surface area contributed by atoms with E-state index < -0.39 is 84.1 Å². The highest BCUT2D eigenvalue weighted by atomic mass is 19.4. The molecule has 484 valence electrons. The topological polar surface area (TPSA) is 259 Å². The van der Waals surface area contributed by atoms with Crippen LogP contribution in [0, 0.1) is 0 Å². The highest BCUT2D eigenvalue weighted by molar-refractivity contribution is 5.96. The summed E-state index contributed by atoms with van der Waals surface area (Å²) in [4.78, 5) is 129. The maximum atomic E-state index is 14.7. The second-order valence-electron chi connectivity index (χ2n) is 23.5. The molecule has 8 atom stereocenters. The van der Waals surface area contributed by atoms with Gasteiger partial charge in [-0.25, -0.2) is 4.79 Å². The molecule has 4 fully saturated rings. The van der Waals surface area contributed by atoms with Crippen molar-refractivity contribution in [2.45, 2.75) is 145 Å². The Morgan fingerprint density at radius 3 is 1.09 bits per heavy atom. The molecular formula is C68H81F3N10O10. The maximum absolute atomic E-state index is 14.7. The number of amides is 8. The summed E-state index contributed by atoms with van der Waals surface area (Å²) in [5, 5.41) is 25.3. The normalized spacial score (nSPS) is 20.7. The summed E-state index contributed by atoms with van der Waals surface area (Å²) in [6, 6.07) is 40.1. The molecule has 20 nitrogen and oxygen atoms in total. The minimum absolute atomic E-state index is 0.0459. The predicted octanol–water partition coefficient (Wildman–Crippen LogP) is 5.37. The highest BCUT2D eigenvalue weighted by Crippen LogP contribution is 2.34. The number of nitrogens with zero attached hydrogens (tertiary/aromatic N) is 4. The lowest BCUT2D eigenvalue weighted by atomic mass is 9.98. The first kappa shape index (κ1) is 68.0. The van der Waals surface area contributed by atoms with Crippen LogP contribution in [-0.4, -0.2) is 173 Å². The van der Waals surface area contributed by atoms with Gasteiger partial charge < -0.3 is 56.6 Å². The first-order valence-corrected chi connectivity index (χ1v) is 31.0. The molecule has 4 aliphatic rings. The molecule has 91 heavy (non-hydrogen) atoms. The number of aryl methyl sites for hydroxylation is 2. The van der Waals surface area contributed by atoms with E-state index in [0.29, 0.717) is 64.5 Å². The minimum atomic E-state index is -5.08. The number of likely N-dealkylation sites (N-methyl/N-ethyl adjacent to an activating group) is 2. The molecule has 4 heterocycles. The molecule has 8 amide bonds. The molecule has 0 radical (unpaired) electrons. The van der Waals surface area contributed by atoms with Gasteiger partial charge in [-0.15, -0.1) is 0 Å². The average molecular weight is 1260 g/mol. The van der Waals surface area contributed by atoms with Gasteiger partial charge in [-0.3, -0.25) is 38.4 Å². The van der Waals surface area contributed by atoms with Gasteiger partial charge in [-0.05, 0) is 113 Å². The number of carboxylic acid groups (broad SMARTS) is 1. The van der Waals surface area contributed by atoms with Gasteiger partial charge in [0.2, 0.25) is 47.3 Å². The van der Waals surface area contributed by atoms with Gasteiger partial charge in [-0.2, -0.15) is 13.2 Å². The molecule has 5 aromatic rings. The lowest BCUT2D eigenvalue weighted by Crippen LogP contribution is -2.62. The Labute approximate surface area is 528 Å². The van der Waals surface area contributed by atoms with Crippen LogP contribution in [0.2, 0.25) is 0 Å². The molecular weight excluding hydrogens is 1170 g/mol. The number of alkyl halides is 3. The lowest BCUT2D eigenvalue weighted by Gasteiger charge is -2.39. The van der Waals surface area contributed by atoms with E-state index in [1.165, 1.54) is 0 Å². The first-order chi connectivity index (χ1) is 43.6. The monoisotopic (exact) mass is 1250 g/mol. The molecule has 0 unspecified atom stereocenters. The molecule has 0 aliphatic carbocycles. The summed E-state index contributed by atoms with van der Waals surface area (Å²) in [6.07, 6.45) is -0.965. The minimum Gasteiger partial charge on any atom is -0.475 e. The molecule has 0 bridgehead atoms. The van der Waals surface area contributed by atoms with Crippen LogP contribution < -0.4 is 31.9 Å². The van der Waals surface area contributed by atoms with Crippen LogP contribution in [0.25, 0.3) is 0 Å². The van der Waals surface area contributed by atoms with E-state index in [9.17, 15) is 51.5 Å². The number of hydrogen-bond acceptors (Lipinski definition) is 11. The maximum Gasteiger partial charge on any atom is 0.490 e. The Bertz CT molecular complexity index is 3030. The van der Waals surface area contributed by atoms with Crippen LogP contribution in [0.1, 0.15) is 111 Å². The molecule has 0 saturated carbocycles. The van der Waals surface area contributed by atoms with Gasteiger partial charge in [-0.1, -0.05) is 146 Å². The van der Waals surface area contributed by atoms with Gasteiger partial charge in [0.1, 0.15) is 24.2 Å². The number of nitrogens with one attached hydrogen (secondary N) is 6. The fourth-order valence-corrected chi connectivity index (χ4v) is 12.3. The quantitative estimate of drug-likeness (QED) is 0.0520. The fourth-order valence-electron chi connectivity index (χ4n) is 12.3. The van der Waals surface area contributed by atoms with Gasteiger partial charge in [0.25, 0.3) is 0 Å². The lowest BCUT2D eigenvalue weighted by molar-refractivity contribution is -0.192. The fraction of sp³-hybridized carbons (Fsp3) is 0.426. The molecule has 0 aromatic heterocycles. The smallest absolute Gasteiger partial charge is 0.475 e. The summed E-state index contributed by atoms with van der Waals surface area (Å²) in [5.74, 6) is -5.21. The second kappa shape index (κ2) is 31.7. The van der Waals surface area contributed by atoms with E-state index in [0.717, 1.165) is 33.4 Å². The number of aliphatic carboxylic acids is 1. The number of carboxylic acids is 1. The van der Waals surface area contributed by atoms with Crippen LogP contribution in [0.15, 0.2) is 146 Å². The van der Waals surface area contributed by atoms with Gasteiger partial charge in [0.05, 0.1) is 24.2 Å². The van der Waals surface area contributed by atoms with Crippen LogP contribution >= 0.6 is 0 Å². The van der Waals surface area contributed by atoms with Gasteiger partial charge >= 0.3 is 12.1 Å². The molecule has 4 saturated heterocycles. The Morgan fingerprint density at radius 2 is 0.802 bits per heavy atom. The van der Waals surface area contributed by atoms with Crippen molar-refractivity contribution in [3.63, 3.8) is 0 Å². The second-order valence-corrected chi connectivity index (χ2v) is 23.5. The summed E-state index contributed by atoms with van der Waals surface area (Å²) in [6.45, 7) is 3.98. The summed E-state index contributed by atoms with van der Waals surface area (Å²) < 4.78 is 31.7.